The fourth-order valence-electron chi connectivity index (χ4n) is 2.58. The molecule has 0 spiro atoms. The van der Waals surface area contributed by atoms with Gasteiger partial charge in [-0.05, 0) is 37.4 Å². The van der Waals surface area contributed by atoms with E-state index in [4.69, 9.17) is 4.74 Å². The molecule has 0 saturated heterocycles. The van der Waals surface area contributed by atoms with Gasteiger partial charge in [-0.15, -0.1) is 0 Å². The molecule has 1 aliphatic rings. The van der Waals surface area contributed by atoms with Crippen LogP contribution in [0.4, 0.5) is 4.39 Å². The van der Waals surface area contributed by atoms with Gasteiger partial charge in [-0.2, -0.15) is 0 Å². The molecule has 3 rings (SSSR count). The van der Waals surface area contributed by atoms with Crippen LogP contribution in [0, 0.1) is 5.82 Å². The summed E-state index contributed by atoms with van der Waals surface area (Å²) in [5.41, 5.74) is 2.19. The van der Waals surface area contributed by atoms with Crippen LogP contribution in [-0.2, 0) is 19.5 Å². The van der Waals surface area contributed by atoms with Crippen LogP contribution in [0.3, 0.4) is 0 Å². The maximum absolute atomic E-state index is 13.2. The molecule has 4 heteroatoms. The molecule has 1 aliphatic heterocycles. The average molecular weight is 260 g/mol. The van der Waals surface area contributed by atoms with Crippen molar-refractivity contribution in [3.05, 3.63) is 53.6 Å². The van der Waals surface area contributed by atoms with E-state index in [1.165, 1.54) is 11.8 Å². The Morgan fingerprint density at radius 2 is 2.32 bits per heavy atom. The molecular formula is C15H17FN2O. The van der Waals surface area contributed by atoms with E-state index in [-0.39, 0.29) is 11.9 Å². The van der Waals surface area contributed by atoms with Gasteiger partial charge in [0.2, 0.25) is 0 Å². The molecule has 0 radical (unpaired) electrons. The van der Waals surface area contributed by atoms with E-state index in [2.05, 4.69) is 22.1 Å². The molecule has 19 heavy (non-hydrogen) atoms. The highest BCUT2D eigenvalue weighted by atomic mass is 19.1. The molecule has 3 nitrogen and oxygen atoms in total. The van der Waals surface area contributed by atoms with Gasteiger partial charge >= 0.3 is 0 Å². The summed E-state index contributed by atoms with van der Waals surface area (Å²) in [4.78, 5) is 0. The maximum atomic E-state index is 13.2. The van der Waals surface area contributed by atoms with E-state index >= 15 is 0 Å². The Morgan fingerprint density at radius 1 is 1.42 bits per heavy atom. The highest BCUT2D eigenvalue weighted by Crippen LogP contribution is 2.30. The Kier molecular flexibility index (Phi) is 3.25. The lowest BCUT2D eigenvalue weighted by molar-refractivity contribution is 0.208. The Hall–Kier alpha value is -1.81. The van der Waals surface area contributed by atoms with Crippen LogP contribution in [0.5, 0.6) is 5.75 Å². The summed E-state index contributed by atoms with van der Waals surface area (Å²) >= 11 is 0. The zero-order chi connectivity index (χ0) is 13.2. The number of halogens is 1. The van der Waals surface area contributed by atoms with E-state index in [0.717, 1.165) is 30.8 Å². The Labute approximate surface area is 112 Å². The molecule has 1 N–H and O–H groups in total. The number of aromatic nitrogens is 1. The second kappa shape index (κ2) is 5.05. The first kappa shape index (κ1) is 12.2. The predicted octanol–water partition coefficient (Wildman–Crippen LogP) is 2.35. The second-order valence-electron chi connectivity index (χ2n) is 4.88. The Balaban J connectivity index is 1.71. The minimum atomic E-state index is -0.195. The fourth-order valence-corrected chi connectivity index (χ4v) is 2.58. The zero-order valence-electron chi connectivity index (χ0n) is 10.9. The van der Waals surface area contributed by atoms with Crippen molar-refractivity contribution in [2.45, 2.75) is 25.6 Å². The summed E-state index contributed by atoms with van der Waals surface area (Å²) in [7, 11) is 1.93. The summed E-state index contributed by atoms with van der Waals surface area (Å²) in [6.07, 6.45) is 2.91. The van der Waals surface area contributed by atoms with Gasteiger partial charge in [0.1, 0.15) is 17.7 Å². The third-order valence-electron chi connectivity index (χ3n) is 3.45. The highest BCUT2D eigenvalue weighted by molar-refractivity contribution is 5.37. The van der Waals surface area contributed by atoms with Crippen LogP contribution in [-0.4, -0.2) is 17.7 Å². The Bertz CT molecular complexity index is 579. The van der Waals surface area contributed by atoms with Crippen LogP contribution in [0.1, 0.15) is 11.3 Å². The van der Waals surface area contributed by atoms with Crippen molar-refractivity contribution < 1.29 is 9.13 Å². The summed E-state index contributed by atoms with van der Waals surface area (Å²) in [6, 6.07) is 8.87. The first-order valence-corrected chi connectivity index (χ1v) is 6.50. The smallest absolute Gasteiger partial charge is 0.123 e. The van der Waals surface area contributed by atoms with Crippen molar-refractivity contribution in [1.29, 1.82) is 0 Å². The predicted molar refractivity (Wildman–Crippen MR) is 71.7 cm³/mol. The zero-order valence-corrected chi connectivity index (χ0v) is 10.9. The van der Waals surface area contributed by atoms with Crippen LogP contribution < -0.4 is 10.1 Å². The van der Waals surface area contributed by atoms with Gasteiger partial charge in [0.25, 0.3) is 0 Å². The van der Waals surface area contributed by atoms with Gasteiger partial charge in [0.15, 0.2) is 0 Å². The number of benzene rings is 1. The molecule has 2 aromatic rings. The number of hydrogen-bond acceptors (Lipinski definition) is 2. The number of hydrogen-bond donors (Lipinski definition) is 1. The molecule has 2 heterocycles. The summed E-state index contributed by atoms with van der Waals surface area (Å²) in [6.45, 7) is 1.63. The SMILES string of the molecule is CNCc1cccn1CC1Cc2cc(F)ccc2O1. The minimum absolute atomic E-state index is 0.0832. The minimum Gasteiger partial charge on any atom is -0.488 e. The van der Waals surface area contributed by atoms with Crippen molar-refractivity contribution in [3.8, 4) is 5.75 Å². The number of nitrogens with one attached hydrogen (secondary N) is 1. The molecule has 1 aromatic carbocycles. The molecule has 0 saturated carbocycles. The number of fused-ring (bicyclic) bond motifs is 1. The molecule has 0 aliphatic carbocycles. The van der Waals surface area contributed by atoms with Crippen LogP contribution in [0.15, 0.2) is 36.5 Å². The highest BCUT2D eigenvalue weighted by Gasteiger charge is 2.23. The third kappa shape index (κ3) is 2.49. The van der Waals surface area contributed by atoms with Gasteiger partial charge in [0, 0.05) is 30.4 Å². The average Bonchev–Trinajstić information content (AvgIpc) is 2.97. The van der Waals surface area contributed by atoms with Gasteiger partial charge in [-0.1, -0.05) is 0 Å². The first-order chi connectivity index (χ1) is 9.26. The van der Waals surface area contributed by atoms with Crippen molar-refractivity contribution >= 4 is 0 Å². The van der Waals surface area contributed by atoms with Gasteiger partial charge in [-0.25, -0.2) is 4.39 Å². The van der Waals surface area contributed by atoms with Gasteiger partial charge in [0.05, 0.1) is 6.54 Å². The normalized spacial score (nSPS) is 17.3. The Morgan fingerprint density at radius 3 is 3.16 bits per heavy atom. The van der Waals surface area contributed by atoms with E-state index in [1.54, 1.807) is 12.1 Å². The summed E-state index contributed by atoms with van der Waals surface area (Å²) < 4.78 is 21.2. The molecule has 0 fully saturated rings. The lowest BCUT2D eigenvalue weighted by Crippen LogP contribution is -2.22. The van der Waals surface area contributed by atoms with Crippen LogP contribution in [0.25, 0.3) is 0 Å². The molecular weight excluding hydrogens is 243 g/mol. The molecule has 1 aromatic heterocycles. The van der Waals surface area contributed by atoms with E-state index in [0.29, 0.717) is 0 Å². The molecule has 1 atom stereocenters. The molecule has 100 valence electrons. The fraction of sp³-hybridized carbons (Fsp3) is 0.333. The lowest BCUT2D eigenvalue weighted by Gasteiger charge is -2.14. The van der Waals surface area contributed by atoms with Crippen molar-refractivity contribution in [2.75, 3.05) is 7.05 Å². The van der Waals surface area contributed by atoms with Crippen molar-refractivity contribution in [3.63, 3.8) is 0 Å². The monoisotopic (exact) mass is 260 g/mol. The summed E-state index contributed by atoms with van der Waals surface area (Å²) in [5.74, 6) is 0.619. The van der Waals surface area contributed by atoms with E-state index in [1.807, 2.05) is 13.1 Å². The van der Waals surface area contributed by atoms with Crippen molar-refractivity contribution in [1.82, 2.24) is 9.88 Å². The van der Waals surface area contributed by atoms with Gasteiger partial charge < -0.3 is 14.6 Å². The van der Waals surface area contributed by atoms with Crippen molar-refractivity contribution in [2.24, 2.45) is 0 Å². The molecule has 1 unspecified atom stereocenters. The van der Waals surface area contributed by atoms with E-state index in [9.17, 15) is 4.39 Å². The quantitative estimate of drug-likeness (QED) is 0.913. The number of nitrogens with zero attached hydrogens (tertiary/aromatic N) is 1. The number of rotatable bonds is 4. The van der Waals surface area contributed by atoms with Gasteiger partial charge in [-0.3, -0.25) is 0 Å². The lowest BCUT2D eigenvalue weighted by atomic mass is 10.1. The van der Waals surface area contributed by atoms with Crippen LogP contribution >= 0.6 is 0 Å². The first-order valence-electron chi connectivity index (χ1n) is 6.50. The second-order valence-corrected chi connectivity index (χ2v) is 4.88. The summed E-state index contributed by atoms with van der Waals surface area (Å²) in [5, 5.41) is 3.15. The maximum Gasteiger partial charge on any atom is 0.123 e. The number of ether oxygens (including phenoxy) is 1. The standard InChI is InChI=1S/C15H17FN2O/c1-17-9-13-3-2-6-18(13)10-14-8-11-7-12(16)4-5-15(11)19-14/h2-7,14,17H,8-10H2,1H3. The largest absolute Gasteiger partial charge is 0.488 e. The molecule has 0 amide bonds. The molecule has 0 bridgehead atoms. The van der Waals surface area contributed by atoms with E-state index < -0.39 is 0 Å². The van der Waals surface area contributed by atoms with Crippen LogP contribution in [0.2, 0.25) is 0 Å². The third-order valence-corrected chi connectivity index (χ3v) is 3.45. The topological polar surface area (TPSA) is 26.2 Å².